The average Bonchev–Trinajstić information content (AvgIpc) is 3.34. The summed E-state index contributed by atoms with van der Waals surface area (Å²) >= 11 is 0. The molecule has 2 aliphatic rings. The number of fused-ring (bicyclic) bond motifs is 1. The summed E-state index contributed by atoms with van der Waals surface area (Å²) in [7, 11) is -3.64. The number of amides is 1. The van der Waals surface area contributed by atoms with Gasteiger partial charge in [0.25, 0.3) is 15.9 Å². The average molecular weight is 341 g/mol. The van der Waals surface area contributed by atoms with E-state index in [0.29, 0.717) is 28.7 Å². The smallest absolute Gasteiger partial charge is 0.285 e. The first-order valence-corrected chi connectivity index (χ1v) is 9.09. The van der Waals surface area contributed by atoms with Gasteiger partial charge in [0.15, 0.2) is 5.84 Å². The van der Waals surface area contributed by atoms with Gasteiger partial charge in [0.05, 0.1) is 0 Å². The number of nitrogens with zero attached hydrogens (tertiary/aromatic N) is 1. The van der Waals surface area contributed by atoms with Gasteiger partial charge in [0, 0.05) is 22.9 Å². The minimum atomic E-state index is -3.64. The Labute approximate surface area is 139 Å². The number of carbonyl (C=O) groups is 1. The largest absolute Gasteiger partial charge is 0.349 e. The Kier molecular flexibility index (Phi) is 3.38. The highest BCUT2D eigenvalue weighted by Gasteiger charge is 2.28. The van der Waals surface area contributed by atoms with Gasteiger partial charge in [-0.3, -0.25) is 4.79 Å². The summed E-state index contributed by atoms with van der Waals surface area (Å²) in [6, 6.07) is 13.9. The predicted molar refractivity (Wildman–Crippen MR) is 90.7 cm³/mol. The zero-order valence-electron chi connectivity index (χ0n) is 12.7. The van der Waals surface area contributed by atoms with E-state index in [1.54, 1.807) is 42.5 Å². The molecule has 1 aliphatic carbocycles. The quantitative estimate of drug-likeness (QED) is 0.895. The number of rotatable bonds is 3. The molecule has 1 aliphatic heterocycles. The molecule has 1 fully saturated rings. The van der Waals surface area contributed by atoms with Crippen LogP contribution in [0.2, 0.25) is 0 Å². The van der Waals surface area contributed by atoms with Crippen LogP contribution in [0.4, 0.5) is 5.69 Å². The van der Waals surface area contributed by atoms with Crippen LogP contribution in [0.3, 0.4) is 0 Å². The lowest BCUT2D eigenvalue weighted by molar-refractivity contribution is 0.0951. The molecule has 122 valence electrons. The molecule has 0 aromatic heterocycles. The second-order valence-corrected chi connectivity index (χ2v) is 7.43. The summed E-state index contributed by atoms with van der Waals surface area (Å²) in [5.74, 6) is 0.205. The zero-order chi connectivity index (χ0) is 16.7. The van der Waals surface area contributed by atoms with Gasteiger partial charge in [0.1, 0.15) is 4.90 Å². The van der Waals surface area contributed by atoms with Gasteiger partial charge in [-0.2, -0.15) is 8.42 Å². The van der Waals surface area contributed by atoms with Crippen molar-refractivity contribution in [1.29, 1.82) is 0 Å². The first kappa shape index (κ1) is 14.9. The second-order valence-electron chi connectivity index (χ2n) is 5.86. The minimum Gasteiger partial charge on any atom is -0.349 e. The molecule has 1 amide bonds. The lowest BCUT2D eigenvalue weighted by Crippen LogP contribution is -2.25. The molecule has 0 atom stereocenters. The van der Waals surface area contributed by atoms with Crippen molar-refractivity contribution in [2.24, 2.45) is 4.40 Å². The normalized spacial score (nSPS) is 17.8. The van der Waals surface area contributed by atoms with E-state index in [2.05, 4.69) is 15.0 Å². The van der Waals surface area contributed by atoms with Crippen LogP contribution in [0, 0.1) is 0 Å². The predicted octanol–water partition coefficient (Wildman–Crippen LogP) is 2.14. The summed E-state index contributed by atoms with van der Waals surface area (Å²) in [5, 5.41) is 5.94. The van der Waals surface area contributed by atoms with Crippen molar-refractivity contribution in [2.75, 3.05) is 5.32 Å². The topological polar surface area (TPSA) is 87.6 Å². The zero-order valence-corrected chi connectivity index (χ0v) is 13.5. The third kappa shape index (κ3) is 2.78. The van der Waals surface area contributed by atoms with Gasteiger partial charge in [-0.05, 0) is 49.2 Å². The van der Waals surface area contributed by atoms with Crippen LogP contribution in [0.15, 0.2) is 57.8 Å². The standard InChI is InChI=1S/C17H15N3O3S/c21-17(19-13-9-10-13)11-5-7-12(8-6-11)18-16-14-3-1-2-4-15(14)24(22,23)20-16/h1-8,13H,9-10H2,(H,18,20)(H,19,21). The van der Waals surface area contributed by atoms with Crippen molar-refractivity contribution in [3.05, 3.63) is 59.7 Å². The Hall–Kier alpha value is -2.67. The fraction of sp³-hybridized carbons (Fsp3) is 0.176. The van der Waals surface area contributed by atoms with E-state index in [4.69, 9.17) is 0 Å². The highest BCUT2D eigenvalue weighted by atomic mass is 32.2. The number of carbonyl (C=O) groups excluding carboxylic acids is 1. The van der Waals surface area contributed by atoms with Gasteiger partial charge < -0.3 is 10.6 Å². The number of anilines is 1. The second kappa shape index (κ2) is 5.45. The van der Waals surface area contributed by atoms with Crippen LogP contribution in [-0.4, -0.2) is 26.2 Å². The molecule has 2 N–H and O–H groups in total. The molecule has 2 aromatic carbocycles. The van der Waals surface area contributed by atoms with Crippen molar-refractivity contribution in [1.82, 2.24) is 5.32 Å². The van der Waals surface area contributed by atoms with Crippen LogP contribution in [0.25, 0.3) is 0 Å². The molecule has 0 spiro atoms. The van der Waals surface area contributed by atoms with E-state index < -0.39 is 10.0 Å². The van der Waals surface area contributed by atoms with E-state index >= 15 is 0 Å². The molecule has 1 saturated carbocycles. The fourth-order valence-corrected chi connectivity index (χ4v) is 3.71. The van der Waals surface area contributed by atoms with Crippen molar-refractivity contribution in [3.8, 4) is 0 Å². The van der Waals surface area contributed by atoms with Gasteiger partial charge in [0.2, 0.25) is 0 Å². The molecule has 0 bridgehead atoms. The van der Waals surface area contributed by atoms with Crippen LogP contribution in [0.5, 0.6) is 0 Å². The molecule has 1 heterocycles. The first-order chi connectivity index (χ1) is 11.5. The first-order valence-electron chi connectivity index (χ1n) is 7.65. The molecule has 4 rings (SSSR count). The van der Waals surface area contributed by atoms with Crippen molar-refractivity contribution in [2.45, 2.75) is 23.8 Å². The fourth-order valence-electron chi connectivity index (χ4n) is 2.53. The van der Waals surface area contributed by atoms with Gasteiger partial charge >= 0.3 is 0 Å². The Morgan fingerprint density at radius 1 is 1.04 bits per heavy atom. The Morgan fingerprint density at radius 3 is 2.46 bits per heavy atom. The van der Waals surface area contributed by atoms with E-state index in [9.17, 15) is 13.2 Å². The summed E-state index contributed by atoms with van der Waals surface area (Å²) in [5.41, 5.74) is 1.80. The number of hydrogen-bond donors (Lipinski definition) is 2. The van der Waals surface area contributed by atoms with Gasteiger partial charge in [-0.1, -0.05) is 12.1 Å². The summed E-state index contributed by atoms with van der Waals surface area (Å²) in [6.45, 7) is 0. The molecule has 6 nitrogen and oxygen atoms in total. The van der Waals surface area contributed by atoms with E-state index in [-0.39, 0.29) is 10.8 Å². The molecular weight excluding hydrogens is 326 g/mol. The lowest BCUT2D eigenvalue weighted by Gasteiger charge is -2.08. The Balaban J connectivity index is 1.55. The van der Waals surface area contributed by atoms with E-state index in [1.165, 1.54) is 6.07 Å². The molecule has 2 aromatic rings. The maximum absolute atomic E-state index is 12.0. The molecule has 0 saturated heterocycles. The molecular formula is C17H15N3O3S. The maximum Gasteiger partial charge on any atom is 0.285 e. The molecule has 24 heavy (non-hydrogen) atoms. The third-order valence-electron chi connectivity index (χ3n) is 3.95. The van der Waals surface area contributed by atoms with Crippen LogP contribution in [-0.2, 0) is 10.0 Å². The summed E-state index contributed by atoms with van der Waals surface area (Å²) in [6.07, 6.45) is 2.08. The van der Waals surface area contributed by atoms with Crippen LogP contribution in [0.1, 0.15) is 28.8 Å². The molecule has 0 radical (unpaired) electrons. The Bertz CT molecular complexity index is 945. The van der Waals surface area contributed by atoms with Crippen molar-refractivity contribution in [3.63, 3.8) is 0 Å². The summed E-state index contributed by atoms with van der Waals surface area (Å²) < 4.78 is 27.8. The Morgan fingerprint density at radius 2 is 1.75 bits per heavy atom. The van der Waals surface area contributed by atoms with Crippen LogP contribution >= 0.6 is 0 Å². The summed E-state index contributed by atoms with van der Waals surface area (Å²) in [4.78, 5) is 12.2. The monoisotopic (exact) mass is 341 g/mol. The maximum atomic E-state index is 12.0. The number of sulfonamides is 1. The van der Waals surface area contributed by atoms with Gasteiger partial charge in [-0.25, -0.2) is 0 Å². The number of benzene rings is 2. The van der Waals surface area contributed by atoms with E-state index in [1.807, 2.05) is 0 Å². The number of amidine groups is 1. The van der Waals surface area contributed by atoms with Crippen molar-refractivity contribution < 1.29 is 13.2 Å². The van der Waals surface area contributed by atoms with Gasteiger partial charge in [-0.15, -0.1) is 4.40 Å². The minimum absolute atomic E-state index is 0.0878. The van der Waals surface area contributed by atoms with Crippen LogP contribution < -0.4 is 10.6 Å². The number of hydrogen-bond acceptors (Lipinski definition) is 4. The lowest BCUT2D eigenvalue weighted by atomic mass is 10.1. The van der Waals surface area contributed by atoms with E-state index in [0.717, 1.165) is 12.8 Å². The molecule has 7 heteroatoms. The van der Waals surface area contributed by atoms with Crippen molar-refractivity contribution >= 4 is 27.5 Å². The third-order valence-corrected chi connectivity index (χ3v) is 5.29. The SMILES string of the molecule is O=C(NC1CC1)c1ccc(NC2=NS(=O)(=O)c3ccccc32)cc1. The number of nitrogens with one attached hydrogen (secondary N) is 2. The highest BCUT2D eigenvalue weighted by molar-refractivity contribution is 7.90. The molecule has 0 unspecified atom stereocenters. The highest BCUT2D eigenvalue weighted by Crippen LogP contribution is 2.26.